The number of hydrogen-bond donors (Lipinski definition) is 0. The monoisotopic (exact) mass is 352 g/mol. The molecule has 0 N–H and O–H groups in total. The summed E-state index contributed by atoms with van der Waals surface area (Å²) in [5, 5.41) is 2.13. The van der Waals surface area contributed by atoms with Crippen molar-refractivity contribution in [2.75, 3.05) is 0 Å². The van der Waals surface area contributed by atoms with E-state index in [1.165, 1.54) is 16.2 Å². The predicted octanol–water partition coefficient (Wildman–Crippen LogP) is 5.07. The van der Waals surface area contributed by atoms with Crippen molar-refractivity contribution in [1.82, 2.24) is 9.38 Å². The number of thioether (sulfide) groups is 1. The van der Waals surface area contributed by atoms with Crippen molar-refractivity contribution in [2.45, 2.75) is 24.5 Å². The molecule has 0 saturated heterocycles. The quantitative estimate of drug-likeness (QED) is 0.612. The number of benzene rings is 1. The van der Waals surface area contributed by atoms with E-state index < -0.39 is 0 Å². The van der Waals surface area contributed by atoms with Gasteiger partial charge in [0.1, 0.15) is 4.60 Å². The van der Waals surface area contributed by atoms with Gasteiger partial charge >= 0.3 is 0 Å². The zero-order valence-electron chi connectivity index (χ0n) is 10.7. The second-order valence-corrected chi connectivity index (χ2v) is 7.08. The molecule has 19 heavy (non-hydrogen) atoms. The fourth-order valence-electron chi connectivity index (χ4n) is 1.88. The van der Waals surface area contributed by atoms with Crippen molar-refractivity contribution in [3.8, 4) is 0 Å². The van der Waals surface area contributed by atoms with Gasteiger partial charge in [-0.3, -0.25) is 4.40 Å². The molecule has 2 heterocycles. The molecule has 0 unspecified atom stereocenters. The van der Waals surface area contributed by atoms with Crippen LogP contribution < -0.4 is 0 Å². The second-order valence-electron chi connectivity index (χ2n) is 4.45. The summed E-state index contributed by atoms with van der Waals surface area (Å²) in [5.74, 6) is 0.886. The molecule has 0 radical (unpaired) electrons. The van der Waals surface area contributed by atoms with Crippen molar-refractivity contribution < 1.29 is 0 Å². The first-order valence-corrected chi connectivity index (χ1v) is 8.61. The van der Waals surface area contributed by atoms with Crippen molar-refractivity contribution in [2.24, 2.45) is 0 Å². The summed E-state index contributed by atoms with van der Waals surface area (Å²) in [6.45, 7) is 4.21. The van der Waals surface area contributed by atoms with Crippen LogP contribution in [0.15, 0.2) is 39.1 Å². The van der Waals surface area contributed by atoms with Crippen molar-refractivity contribution in [1.29, 1.82) is 0 Å². The van der Waals surface area contributed by atoms with Crippen LogP contribution >= 0.6 is 39.0 Å². The van der Waals surface area contributed by atoms with Gasteiger partial charge in [0, 0.05) is 21.7 Å². The molecule has 0 atom stereocenters. The Kier molecular flexibility index (Phi) is 3.69. The van der Waals surface area contributed by atoms with E-state index in [1.807, 2.05) is 11.8 Å². The van der Waals surface area contributed by atoms with Crippen molar-refractivity contribution in [3.05, 3.63) is 51.2 Å². The van der Waals surface area contributed by atoms with Crippen LogP contribution in [-0.2, 0) is 5.75 Å². The first-order chi connectivity index (χ1) is 9.15. The van der Waals surface area contributed by atoms with Gasteiger partial charge in [0.15, 0.2) is 4.96 Å². The molecule has 0 spiro atoms. The van der Waals surface area contributed by atoms with Gasteiger partial charge in [-0.05, 0) is 41.9 Å². The smallest absolute Gasteiger partial charge is 0.195 e. The molecule has 0 saturated carbocycles. The van der Waals surface area contributed by atoms with Gasteiger partial charge in [0.2, 0.25) is 0 Å². The van der Waals surface area contributed by atoms with Crippen molar-refractivity contribution in [3.63, 3.8) is 0 Å². The number of aryl methyl sites for hydroxylation is 2. The maximum absolute atomic E-state index is 4.68. The lowest BCUT2D eigenvalue weighted by atomic mass is 10.2. The fraction of sp³-hybridized carbons (Fsp3) is 0.214. The summed E-state index contributed by atoms with van der Waals surface area (Å²) in [7, 11) is 0. The third kappa shape index (κ3) is 2.59. The fourth-order valence-corrected chi connectivity index (χ4v) is 4.58. The number of aromatic nitrogens is 2. The summed E-state index contributed by atoms with van der Waals surface area (Å²) in [5.41, 5.74) is 3.63. The molecule has 2 aromatic heterocycles. The average Bonchev–Trinajstić information content (AvgIpc) is 2.91. The topological polar surface area (TPSA) is 17.3 Å². The maximum Gasteiger partial charge on any atom is 0.195 e. The van der Waals surface area contributed by atoms with E-state index >= 15 is 0 Å². The highest BCUT2D eigenvalue weighted by atomic mass is 79.9. The maximum atomic E-state index is 4.68. The molecule has 2 nitrogen and oxygen atoms in total. The zero-order chi connectivity index (χ0) is 13.4. The Labute approximate surface area is 129 Å². The highest BCUT2D eigenvalue weighted by Crippen LogP contribution is 2.30. The molecule has 5 heteroatoms. The standard InChI is InChI=1S/C14H13BrN2S2/c1-9-3-5-11(6-4-9)18-8-12-13(15)17-10(2)7-19-14(17)16-12/h3-7H,8H2,1-2H3. The number of halogens is 1. The van der Waals surface area contributed by atoms with Gasteiger partial charge in [-0.15, -0.1) is 23.1 Å². The number of fused-ring (bicyclic) bond motifs is 1. The third-order valence-corrected chi connectivity index (χ3v) is 5.72. The minimum atomic E-state index is 0.886. The summed E-state index contributed by atoms with van der Waals surface area (Å²) >= 11 is 7.17. The van der Waals surface area contributed by atoms with Crippen LogP contribution in [0.5, 0.6) is 0 Å². The molecule has 1 aromatic carbocycles. The number of thiazole rings is 1. The Hall–Kier alpha value is -0.780. The van der Waals surface area contributed by atoms with Crippen molar-refractivity contribution >= 4 is 44.0 Å². The molecule has 3 rings (SSSR count). The molecular formula is C14H13BrN2S2. The minimum absolute atomic E-state index is 0.886. The van der Waals surface area contributed by atoms with E-state index in [2.05, 4.69) is 68.8 Å². The number of imidazole rings is 1. The largest absolute Gasteiger partial charge is 0.282 e. The molecule has 0 aliphatic heterocycles. The molecule has 0 aliphatic carbocycles. The summed E-state index contributed by atoms with van der Waals surface area (Å²) in [4.78, 5) is 7.02. The lowest BCUT2D eigenvalue weighted by Crippen LogP contribution is -1.86. The first kappa shape index (κ1) is 13.2. The SMILES string of the molecule is Cc1ccc(SCc2nc3scc(C)n3c2Br)cc1. The number of hydrogen-bond acceptors (Lipinski definition) is 3. The normalized spacial score (nSPS) is 11.3. The summed E-state index contributed by atoms with van der Waals surface area (Å²) < 4.78 is 3.25. The van der Waals surface area contributed by atoms with Gasteiger partial charge in [-0.25, -0.2) is 4.98 Å². The third-order valence-electron chi connectivity index (χ3n) is 2.94. The van der Waals surface area contributed by atoms with Crippen LogP contribution in [0.1, 0.15) is 17.0 Å². The van der Waals surface area contributed by atoms with Crippen LogP contribution in [0.3, 0.4) is 0 Å². The van der Waals surface area contributed by atoms with Gasteiger partial charge in [0.25, 0.3) is 0 Å². The van der Waals surface area contributed by atoms with Crippen LogP contribution in [-0.4, -0.2) is 9.38 Å². The molecular weight excluding hydrogens is 340 g/mol. The lowest BCUT2D eigenvalue weighted by molar-refractivity contribution is 1.09. The highest BCUT2D eigenvalue weighted by molar-refractivity contribution is 9.10. The molecule has 98 valence electrons. The molecule has 0 aliphatic rings. The van der Waals surface area contributed by atoms with E-state index in [1.54, 1.807) is 11.3 Å². The minimum Gasteiger partial charge on any atom is -0.282 e. The Balaban J connectivity index is 1.82. The Bertz CT molecular complexity index is 713. The lowest BCUT2D eigenvalue weighted by Gasteiger charge is -2.01. The van der Waals surface area contributed by atoms with E-state index in [4.69, 9.17) is 0 Å². The molecule has 0 amide bonds. The van der Waals surface area contributed by atoms with Crippen LogP contribution in [0.4, 0.5) is 0 Å². The van der Waals surface area contributed by atoms with Gasteiger partial charge in [0.05, 0.1) is 5.69 Å². The van der Waals surface area contributed by atoms with Gasteiger partial charge in [-0.2, -0.15) is 0 Å². The molecule has 3 aromatic rings. The molecule has 0 bridgehead atoms. The summed E-state index contributed by atoms with van der Waals surface area (Å²) in [6, 6.07) is 8.62. The Morgan fingerprint density at radius 2 is 2.00 bits per heavy atom. The van der Waals surface area contributed by atoms with Gasteiger partial charge < -0.3 is 0 Å². The van der Waals surface area contributed by atoms with Crippen LogP contribution in [0.25, 0.3) is 4.96 Å². The summed E-state index contributed by atoms with van der Waals surface area (Å²) in [6.07, 6.45) is 0. The number of rotatable bonds is 3. The predicted molar refractivity (Wildman–Crippen MR) is 86.2 cm³/mol. The first-order valence-electron chi connectivity index (χ1n) is 5.95. The second kappa shape index (κ2) is 5.31. The van der Waals surface area contributed by atoms with Crippen LogP contribution in [0.2, 0.25) is 0 Å². The van der Waals surface area contributed by atoms with E-state index in [-0.39, 0.29) is 0 Å². The number of nitrogens with zero attached hydrogens (tertiary/aromatic N) is 2. The Morgan fingerprint density at radius 3 is 2.68 bits per heavy atom. The van der Waals surface area contributed by atoms with E-state index in [0.717, 1.165) is 21.0 Å². The molecule has 0 fully saturated rings. The Morgan fingerprint density at radius 1 is 1.26 bits per heavy atom. The van der Waals surface area contributed by atoms with Crippen LogP contribution in [0, 0.1) is 13.8 Å². The van der Waals surface area contributed by atoms with E-state index in [0.29, 0.717) is 0 Å². The van der Waals surface area contributed by atoms with Gasteiger partial charge in [-0.1, -0.05) is 17.7 Å². The average molecular weight is 353 g/mol. The van der Waals surface area contributed by atoms with E-state index in [9.17, 15) is 0 Å². The zero-order valence-corrected chi connectivity index (χ0v) is 13.9. The highest BCUT2D eigenvalue weighted by Gasteiger charge is 2.12.